The molecule has 0 radical (unpaired) electrons. The second kappa shape index (κ2) is 4.00. The Labute approximate surface area is 95.6 Å². The lowest BCUT2D eigenvalue weighted by Gasteiger charge is -2.34. The molecule has 1 aromatic rings. The molecule has 0 aliphatic heterocycles. The average Bonchev–Trinajstić information content (AvgIpc) is 2.07. The zero-order chi connectivity index (χ0) is 10.9. The average molecular weight is 232 g/mol. The number of hydrogen-bond acceptors (Lipinski definition) is 1. The van der Waals surface area contributed by atoms with E-state index in [0.717, 1.165) is 5.69 Å². The molecule has 1 rings (SSSR count). The highest BCUT2D eigenvalue weighted by Gasteiger charge is 2.17. The van der Waals surface area contributed by atoms with Gasteiger partial charge in [-0.25, -0.2) is 0 Å². The fourth-order valence-electron chi connectivity index (χ4n) is 1.08. The van der Waals surface area contributed by atoms with E-state index in [1.807, 2.05) is 25.2 Å². The number of rotatable bonds is 1. The molecule has 0 bridgehead atoms. The highest BCUT2D eigenvalue weighted by molar-refractivity contribution is 6.42. The zero-order valence-corrected chi connectivity index (χ0v) is 10.4. The van der Waals surface area contributed by atoms with Crippen molar-refractivity contribution in [3.8, 4) is 0 Å². The maximum atomic E-state index is 5.95. The molecule has 14 heavy (non-hydrogen) atoms. The van der Waals surface area contributed by atoms with E-state index in [1.165, 1.54) is 0 Å². The van der Waals surface area contributed by atoms with Crippen LogP contribution in [0.5, 0.6) is 0 Å². The molecule has 78 valence electrons. The normalized spacial score (nSPS) is 11.6. The Kier molecular flexibility index (Phi) is 3.33. The molecule has 0 N–H and O–H groups in total. The first-order chi connectivity index (χ1) is 6.32. The van der Waals surface area contributed by atoms with Gasteiger partial charge in [-0.2, -0.15) is 0 Å². The molecule has 0 aromatic heterocycles. The monoisotopic (exact) mass is 231 g/mol. The Hall–Kier alpha value is -0.400. The second-order valence-corrected chi connectivity index (χ2v) is 5.14. The summed E-state index contributed by atoms with van der Waals surface area (Å²) in [5.41, 5.74) is 1.16. The number of nitrogens with zero attached hydrogens (tertiary/aromatic N) is 1. The van der Waals surface area contributed by atoms with Gasteiger partial charge < -0.3 is 4.90 Å². The summed E-state index contributed by atoms with van der Waals surface area (Å²) in [4.78, 5) is 2.16. The quantitative estimate of drug-likeness (QED) is 0.700. The Bertz CT molecular complexity index is 329. The summed E-state index contributed by atoms with van der Waals surface area (Å²) in [6.45, 7) is 6.44. The van der Waals surface area contributed by atoms with Gasteiger partial charge in [-0.15, -0.1) is 0 Å². The molecular formula is C11H15Cl2N. The number of benzene rings is 1. The van der Waals surface area contributed by atoms with Gasteiger partial charge in [-0.1, -0.05) is 23.2 Å². The maximum Gasteiger partial charge on any atom is 0.0612 e. The van der Waals surface area contributed by atoms with Crippen molar-refractivity contribution >= 4 is 28.9 Å². The SMILES string of the molecule is CN(c1ccc(Cl)c(Cl)c1)C(C)(C)C. The first-order valence-corrected chi connectivity index (χ1v) is 5.27. The lowest BCUT2D eigenvalue weighted by Crippen LogP contribution is -2.37. The van der Waals surface area contributed by atoms with E-state index in [4.69, 9.17) is 23.2 Å². The highest BCUT2D eigenvalue weighted by Crippen LogP contribution is 2.29. The van der Waals surface area contributed by atoms with Gasteiger partial charge in [0.2, 0.25) is 0 Å². The molecule has 0 spiro atoms. The lowest BCUT2D eigenvalue weighted by atomic mass is 10.1. The maximum absolute atomic E-state index is 5.95. The number of halogens is 2. The fourth-order valence-corrected chi connectivity index (χ4v) is 1.37. The summed E-state index contributed by atoms with van der Waals surface area (Å²) in [5.74, 6) is 0. The molecule has 3 heteroatoms. The predicted octanol–water partition coefficient (Wildman–Crippen LogP) is 4.23. The van der Waals surface area contributed by atoms with Gasteiger partial charge in [0.05, 0.1) is 10.0 Å². The van der Waals surface area contributed by atoms with Crippen LogP contribution in [0.1, 0.15) is 20.8 Å². The molecule has 0 saturated heterocycles. The minimum atomic E-state index is 0.0805. The van der Waals surface area contributed by atoms with E-state index < -0.39 is 0 Å². The molecule has 0 aliphatic carbocycles. The molecule has 0 heterocycles. The topological polar surface area (TPSA) is 3.24 Å². The van der Waals surface area contributed by atoms with Gasteiger partial charge in [0.1, 0.15) is 0 Å². The van der Waals surface area contributed by atoms with E-state index in [0.29, 0.717) is 10.0 Å². The lowest BCUT2D eigenvalue weighted by molar-refractivity contribution is 0.539. The van der Waals surface area contributed by atoms with Crippen LogP contribution < -0.4 is 4.90 Å². The van der Waals surface area contributed by atoms with Crippen LogP contribution in [0.25, 0.3) is 0 Å². The van der Waals surface area contributed by atoms with Crippen LogP contribution in [0.15, 0.2) is 18.2 Å². The summed E-state index contributed by atoms with van der Waals surface area (Å²) in [6, 6.07) is 5.68. The molecule has 0 saturated carbocycles. The van der Waals surface area contributed by atoms with Gasteiger partial charge in [0, 0.05) is 18.3 Å². The van der Waals surface area contributed by atoms with Crippen molar-refractivity contribution in [2.75, 3.05) is 11.9 Å². The van der Waals surface area contributed by atoms with E-state index in [1.54, 1.807) is 0 Å². The predicted molar refractivity (Wildman–Crippen MR) is 64.6 cm³/mol. The molecule has 0 atom stereocenters. The second-order valence-electron chi connectivity index (χ2n) is 4.33. The third kappa shape index (κ3) is 2.55. The van der Waals surface area contributed by atoms with Crippen molar-refractivity contribution in [2.45, 2.75) is 26.3 Å². The van der Waals surface area contributed by atoms with Crippen molar-refractivity contribution in [2.24, 2.45) is 0 Å². The summed E-state index contributed by atoms with van der Waals surface area (Å²) >= 11 is 11.8. The van der Waals surface area contributed by atoms with Crippen molar-refractivity contribution in [1.29, 1.82) is 0 Å². The van der Waals surface area contributed by atoms with Gasteiger partial charge >= 0.3 is 0 Å². The van der Waals surface area contributed by atoms with Gasteiger partial charge in [0.25, 0.3) is 0 Å². The first kappa shape index (κ1) is 11.7. The minimum absolute atomic E-state index is 0.0805. The van der Waals surface area contributed by atoms with E-state index in [9.17, 15) is 0 Å². The number of anilines is 1. The third-order valence-corrected chi connectivity index (χ3v) is 3.04. The van der Waals surface area contributed by atoms with Crippen molar-refractivity contribution < 1.29 is 0 Å². The van der Waals surface area contributed by atoms with Crippen LogP contribution in [0.4, 0.5) is 5.69 Å². The smallest absolute Gasteiger partial charge is 0.0612 e. The van der Waals surface area contributed by atoms with Crippen LogP contribution in [-0.2, 0) is 0 Å². The van der Waals surface area contributed by atoms with Crippen LogP contribution in [0.3, 0.4) is 0 Å². The summed E-state index contributed by atoms with van der Waals surface area (Å²) in [6.07, 6.45) is 0. The van der Waals surface area contributed by atoms with E-state index in [-0.39, 0.29) is 5.54 Å². The minimum Gasteiger partial charge on any atom is -0.370 e. The van der Waals surface area contributed by atoms with Crippen molar-refractivity contribution in [3.63, 3.8) is 0 Å². The molecule has 0 aliphatic rings. The number of hydrogen-bond donors (Lipinski definition) is 0. The first-order valence-electron chi connectivity index (χ1n) is 4.51. The van der Waals surface area contributed by atoms with Gasteiger partial charge in [-0.05, 0) is 39.0 Å². The van der Waals surface area contributed by atoms with E-state index in [2.05, 4.69) is 25.7 Å². The molecule has 0 fully saturated rings. The van der Waals surface area contributed by atoms with Crippen LogP contribution in [-0.4, -0.2) is 12.6 Å². The van der Waals surface area contributed by atoms with Crippen molar-refractivity contribution in [3.05, 3.63) is 28.2 Å². The molecule has 0 unspecified atom stereocenters. The highest BCUT2D eigenvalue weighted by atomic mass is 35.5. The summed E-state index contributed by atoms with van der Waals surface area (Å²) in [5, 5.41) is 1.19. The summed E-state index contributed by atoms with van der Waals surface area (Å²) < 4.78 is 0. The van der Waals surface area contributed by atoms with Gasteiger partial charge in [0.15, 0.2) is 0 Å². The Morgan fingerprint density at radius 1 is 1.07 bits per heavy atom. The van der Waals surface area contributed by atoms with Crippen LogP contribution >= 0.6 is 23.2 Å². The van der Waals surface area contributed by atoms with E-state index >= 15 is 0 Å². The van der Waals surface area contributed by atoms with Crippen LogP contribution in [0.2, 0.25) is 10.0 Å². The third-order valence-electron chi connectivity index (χ3n) is 2.30. The molecule has 0 amide bonds. The largest absolute Gasteiger partial charge is 0.370 e. The van der Waals surface area contributed by atoms with Gasteiger partial charge in [-0.3, -0.25) is 0 Å². The van der Waals surface area contributed by atoms with Crippen molar-refractivity contribution in [1.82, 2.24) is 0 Å². The fraction of sp³-hybridized carbons (Fsp3) is 0.455. The summed E-state index contributed by atoms with van der Waals surface area (Å²) in [7, 11) is 2.04. The zero-order valence-electron chi connectivity index (χ0n) is 8.94. The Morgan fingerprint density at radius 3 is 2.07 bits per heavy atom. The molecule has 1 nitrogen and oxygen atoms in total. The molecular weight excluding hydrogens is 217 g/mol. The standard InChI is InChI=1S/C11H15Cl2N/c1-11(2,3)14(4)8-5-6-9(12)10(13)7-8/h5-7H,1-4H3. The van der Waals surface area contributed by atoms with Crippen LogP contribution in [0, 0.1) is 0 Å². The molecule has 1 aromatic carbocycles. The Morgan fingerprint density at radius 2 is 1.64 bits per heavy atom. The Balaban J connectivity index is 3.03.